The molecule has 0 radical (unpaired) electrons. The molecule has 4 aromatic rings. The third-order valence-corrected chi connectivity index (χ3v) is 6.17. The SMILES string of the molecule is Cc1ccc(C(=O)NC(=S)Nc2ccc(Cl)cc2-c2nc3ccccc3s2)c(Cl)c1. The van der Waals surface area contributed by atoms with Crippen molar-refractivity contribution in [3.05, 3.63) is 81.8 Å². The molecule has 3 aromatic carbocycles. The Bertz CT molecular complexity index is 1250. The molecule has 4 nitrogen and oxygen atoms in total. The lowest BCUT2D eigenvalue weighted by atomic mass is 10.1. The fourth-order valence-electron chi connectivity index (χ4n) is 2.92. The van der Waals surface area contributed by atoms with Crippen LogP contribution in [0, 0.1) is 6.92 Å². The number of hydrogen-bond donors (Lipinski definition) is 2. The molecule has 0 aliphatic heterocycles. The summed E-state index contributed by atoms with van der Waals surface area (Å²) in [5.74, 6) is -0.381. The predicted octanol–water partition coefficient (Wildman–Crippen LogP) is 6.71. The number of aryl methyl sites for hydroxylation is 1. The van der Waals surface area contributed by atoms with Crippen molar-refractivity contribution in [1.29, 1.82) is 0 Å². The summed E-state index contributed by atoms with van der Waals surface area (Å²) in [7, 11) is 0. The molecule has 0 aliphatic rings. The number of carbonyl (C=O) groups excluding carboxylic acids is 1. The van der Waals surface area contributed by atoms with Gasteiger partial charge in [-0.25, -0.2) is 4.98 Å². The van der Waals surface area contributed by atoms with Gasteiger partial charge in [0.15, 0.2) is 5.11 Å². The Morgan fingerprint density at radius 1 is 1.07 bits per heavy atom. The number of fused-ring (bicyclic) bond motifs is 1. The van der Waals surface area contributed by atoms with Crippen molar-refractivity contribution in [2.75, 3.05) is 5.32 Å². The van der Waals surface area contributed by atoms with Gasteiger partial charge in [-0.05, 0) is 67.2 Å². The Morgan fingerprint density at radius 2 is 1.87 bits per heavy atom. The van der Waals surface area contributed by atoms with E-state index in [1.54, 1.807) is 35.6 Å². The lowest BCUT2D eigenvalue weighted by Gasteiger charge is -2.13. The summed E-state index contributed by atoms with van der Waals surface area (Å²) in [5.41, 5.74) is 3.73. The molecule has 30 heavy (non-hydrogen) atoms. The van der Waals surface area contributed by atoms with E-state index >= 15 is 0 Å². The minimum Gasteiger partial charge on any atom is -0.332 e. The molecule has 1 aromatic heterocycles. The van der Waals surface area contributed by atoms with Crippen LogP contribution >= 0.6 is 46.8 Å². The van der Waals surface area contributed by atoms with Crippen LogP contribution < -0.4 is 10.6 Å². The molecule has 150 valence electrons. The Hall–Kier alpha value is -2.51. The van der Waals surface area contributed by atoms with Crippen molar-refractivity contribution in [2.24, 2.45) is 0 Å². The molecule has 0 spiro atoms. The van der Waals surface area contributed by atoms with Crippen LogP contribution in [0.1, 0.15) is 15.9 Å². The molecule has 1 amide bonds. The molecule has 0 bridgehead atoms. The Morgan fingerprint density at radius 3 is 2.63 bits per heavy atom. The van der Waals surface area contributed by atoms with Gasteiger partial charge < -0.3 is 5.32 Å². The van der Waals surface area contributed by atoms with Gasteiger partial charge in [0, 0.05) is 10.6 Å². The molecule has 0 saturated carbocycles. The van der Waals surface area contributed by atoms with E-state index in [0.29, 0.717) is 21.3 Å². The smallest absolute Gasteiger partial charge is 0.258 e. The van der Waals surface area contributed by atoms with Crippen molar-refractivity contribution in [3.63, 3.8) is 0 Å². The van der Waals surface area contributed by atoms with Crippen molar-refractivity contribution >= 4 is 73.7 Å². The fraction of sp³-hybridized carbons (Fsp3) is 0.0455. The number of thiazole rings is 1. The molecule has 0 fully saturated rings. The highest BCUT2D eigenvalue weighted by atomic mass is 35.5. The number of carbonyl (C=O) groups is 1. The second-order valence-corrected chi connectivity index (χ2v) is 8.85. The lowest BCUT2D eigenvalue weighted by molar-refractivity contribution is 0.0978. The van der Waals surface area contributed by atoms with Gasteiger partial charge in [0.2, 0.25) is 0 Å². The summed E-state index contributed by atoms with van der Waals surface area (Å²) < 4.78 is 1.07. The van der Waals surface area contributed by atoms with Crippen LogP contribution in [0.15, 0.2) is 60.7 Å². The van der Waals surface area contributed by atoms with E-state index in [2.05, 4.69) is 10.6 Å². The molecule has 0 aliphatic carbocycles. The van der Waals surface area contributed by atoms with Gasteiger partial charge in [-0.15, -0.1) is 11.3 Å². The molecule has 2 N–H and O–H groups in total. The number of hydrogen-bond acceptors (Lipinski definition) is 4. The molecule has 0 atom stereocenters. The zero-order valence-electron chi connectivity index (χ0n) is 15.7. The second kappa shape index (κ2) is 8.70. The first-order chi connectivity index (χ1) is 14.4. The maximum Gasteiger partial charge on any atom is 0.258 e. The number of rotatable bonds is 3. The molecule has 4 rings (SSSR count). The average molecular weight is 472 g/mol. The summed E-state index contributed by atoms with van der Waals surface area (Å²) >= 11 is 19.3. The molecule has 1 heterocycles. The third kappa shape index (κ3) is 4.47. The fourth-order valence-corrected chi connectivity index (χ4v) is 4.61. The van der Waals surface area contributed by atoms with Gasteiger partial charge in [0.05, 0.1) is 26.5 Å². The van der Waals surface area contributed by atoms with E-state index < -0.39 is 0 Å². The van der Waals surface area contributed by atoms with Crippen LogP contribution in [0.25, 0.3) is 20.8 Å². The minimum atomic E-state index is -0.381. The standard InChI is InChI=1S/C22H15Cl2N3OS2/c1-12-6-8-14(16(24)10-12)20(28)27-22(29)26-17-9-7-13(23)11-15(17)21-25-18-4-2-3-5-19(18)30-21/h2-11H,1H3,(H2,26,27,28,29). The van der Waals surface area contributed by atoms with E-state index in [9.17, 15) is 4.79 Å². The molecule has 8 heteroatoms. The molecule has 0 saturated heterocycles. The number of thiocarbonyl (C=S) groups is 1. The number of amides is 1. The first-order valence-electron chi connectivity index (χ1n) is 8.95. The summed E-state index contributed by atoms with van der Waals surface area (Å²) in [6, 6.07) is 18.5. The van der Waals surface area contributed by atoms with Crippen molar-refractivity contribution < 1.29 is 4.79 Å². The first-order valence-corrected chi connectivity index (χ1v) is 10.9. The quantitative estimate of drug-likeness (QED) is 0.326. The highest BCUT2D eigenvalue weighted by Gasteiger charge is 2.15. The monoisotopic (exact) mass is 471 g/mol. The largest absolute Gasteiger partial charge is 0.332 e. The van der Waals surface area contributed by atoms with Gasteiger partial charge in [-0.2, -0.15) is 0 Å². The Balaban J connectivity index is 1.58. The van der Waals surface area contributed by atoms with Gasteiger partial charge in [0.25, 0.3) is 5.91 Å². The first kappa shape index (κ1) is 20.8. The third-order valence-electron chi connectivity index (χ3n) is 4.35. The summed E-state index contributed by atoms with van der Waals surface area (Å²) in [6.45, 7) is 1.91. The zero-order chi connectivity index (χ0) is 21.3. The van der Waals surface area contributed by atoms with E-state index in [1.807, 2.05) is 43.3 Å². The minimum absolute atomic E-state index is 0.154. The topological polar surface area (TPSA) is 54.0 Å². The number of aromatic nitrogens is 1. The van der Waals surface area contributed by atoms with Crippen LogP contribution in [0.2, 0.25) is 10.0 Å². The molecular weight excluding hydrogens is 457 g/mol. The molecular formula is C22H15Cl2N3OS2. The predicted molar refractivity (Wildman–Crippen MR) is 130 cm³/mol. The average Bonchev–Trinajstić information content (AvgIpc) is 3.13. The van der Waals surface area contributed by atoms with Crippen LogP contribution in [-0.2, 0) is 0 Å². The van der Waals surface area contributed by atoms with Crippen LogP contribution in [-0.4, -0.2) is 16.0 Å². The maximum atomic E-state index is 12.5. The van der Waals surface area contributed by atoms with Gasteiger partial charge in [-0.3, -0.25) is 10.1 Å². The number of halogens is 2. The van der Waals surface area contributed by atoms with Crippen molar-refractivity contribution in [1.82, 2.24) is 10.3 Å². The molecule has 0 unspecified atom stereocenters. The summed E-state index contributed by atoms with van der Waals surface area (Å²) in [4.78, 5) is 17.2. The van der Waals surface area contributed by atoms with E-state index in [1.165, 1.54) is 0 Å². The van der Waals surface area contributed by atoms with Crippen molar-refractivity contribution in [3.8, 4) is 10.6 Å². The van der Waals surface area contributed by atoms with Crippen LogP contribution in [0.5, 0.6) is 0 Å². The lowest BCUT2D eigenvalue weighted by Crippen LogP contribution is -2.34. The van der Waals surface area contributed by atoms with E-state index in [4.69, 9.17) is 40.4 Å². The van der Waals surface area contributed by atoms with Crippen LogP contribution in [0.3, 0.4) is 0 Å². The summed E-state index contributed by atoms with van der Waals surface area (Å²) in [5, 5.41) is 7.66. The summed E-state index contributed by atoms with van der Waals surface area (Å²) in [6.07, 6.45) is 0. The van der Waals surface area contributed by atoms with Crippen molar-refractivity contribution in [2.45, 2.75) is 6.92 Å². The van der Waals surface area contributed by atoms with E-state index in [-0.39, 0.29) is 11.0 Å². The second-order valence-electron chi connectivity index (χ2n) is 6.57. The number of para-hydroxylation sites is 1. The number of anilines is 1. The number of nitrogens with one attached hydrogen (secondary N) is 2. The van der Waals surface area contributed by atoms with Gasteiger partial charge in [0.1, 0.15) is 5.01 Å². The number of nitrogens with zero attached hydrogens (tertiary/aromatic N) is 1. The zero-order valence-corrected chi connectivity index (χ0v) is 18.8. The highest BCUT2D eigenvalue weighted by molar-refractivity contribution is 7.80. The number of benzene rings is 3. The Kier molecular flexibility index (Phi) is 6.01. The highest BCUT2D eigenvalue weighted by Crippen LogP contribution is 2.36. The normalized spacial score (nSPS) is 10.8. The van der Waals surface area contributed by atoms with E-state index in [0.717, 1.165) is 26.4 Å². The van der Waals surface area contributed by atoms with Gasteiger partial charge in [-0.1, -0.05) is 41.4 Å². The Labute approximate surface area is 192 Å². The van der Waals surface area contributed by atoms with Gasteiger partial charge >= 0.3 is 0 Å². The maximum absolute atomic E-state index is 12.5. The van der Waals surface area contributed by atoms with Crippen LogP contribution in [0.4, 0.5) is 5.69 Å².